The number of aromatic nitrogens is 1. The number of halogens is 1. The second-order valence-electron chi connectivity index (χ2n) is 8.97. The van der Waals surface area contributed by atoms with Crippen LogP contribution in [0, 0.1) is 5.41 Å². The van der Waals surface area contributed by atoms with Gasteiger partial charge in [0.05, 0.1) is 29.7 Å². The van der Waals surface area contributed by atoms with Gasteiger partial charge < -0.3 is 25.0 Å². The fourth-order valence-corrected chi connectivity index (χ4v) is 4.93. The molecule has 0 bridgehead atoms. The minimum Gasteiger partial charge on any atom is -0.492 e. The zero-order valence-electron chi connectivity index (χ0n) is 16.4. The Bertz CT molecular complexity index is 1100. The highest BCUT2D eigenvalue weighted by molar-refractivity contribution is 5.97. The lowest BCUT2D eigenvalue weighted by Crippen LogP contribution is -2.45. The number of fused-ring (bicyclic) bond motifs is 1. The summed E-state index contributed by atoms with van der Waals surface area (Å²) in [7, 11) is 1.52. The van der Waals surface area contributed by atoms with Crippen molar-refractivity contribution in [2.45, 2.75) is 43.9 Å². The number of nitrogens with two attached hydrogens (primary N) is 1. The van der Waals surface area contributed by atoms with Crippen molar-refractivity contribution in [1.82, 2.24) is 4.57 Å². The van der Waals surface area contributed by atoms with E-state index in [0.29, 0.717) is 17.8 Å². The van der Waals surface area contributed by atoms with Crippen molar-refractivity contribution in [3.63, 3.8) is 0 Å². The predicted molar refractivity (Wildman–Crippen MR) is 107 cm³/mol. The molecule has 2 aromatic rings. The second kappa shape index (κ2) is 5.72. The molecule has 154 valence electrons. The molecule has 2 heterocycles. The summed E-state index contributed by atoms with van der Waals surface area (Å²) in [4.78, 5) is 26.5. The zero-order valence-corrected chi connectivity index (χ0v) is 16.4. The summed E-state index contributed by atoms with van der Waals surface area (Å²) < 4.78 is 21.2. The van der Waals surface area contributed by atoms with Crippen LogP contribution in [-0.2, 0) is 0 Å². The van der Waals surface area contributed by atoms with Gasteiger partial charge in [0.2, 0.25) is 5.43 Å². The van der Waals surface area contributed by atoms with Gasteiger partial charge in [-0.1, -0.05) is 0 Å². The first-order chi connectivity index (χ1) is 13.7. The smallest absolute Gasteiger partial charge is 0.341 e. The Kier molecular flexibility index (Phi) is 3.63. The van der Waals surface area contributed by atoms with Gasteiger partial charge in [-0.15, -0.1) is 0 Å². The average molecular weight is 401 g/mol. The van der Waals surface area contributed by atoms with E-state index in [4.69, 9.17) is 10.5 Å². The van der Waals surface area contributed by atoms with Crippen molar-refractivity contribution < 1.29 is 19.0 Å². The van der Waals surface area contributed by atoms with Crippen LogP contribution in [0.2, 0.25) is 0 Å². The standard InChI is InChI=1S/C21H24FN3O4/c1-20(23)9-24(10-21(20)5-6-21)14-4-3-11-16(18(14)29-2)25(15-7-13(15)22)8-12(17(11)26)19(27)28/h3-4,8,13,15H,5-7,9-10,23H2,1-2H3,(H,27,28). The zero-order chi connectivity index (χ0) is 20.7. The monoisotopic (exact) mass is 401 g/mol. The third kappa shape index (κ3) is 2.51. The molecule has 1 aromatic carbocycles. The van der Waals surface area contributed by atoms with Crippen molar-refractivity contribution in [3.8, 4) is 5.75 Å². The maximum absolute atomic E-state index is 14.0. The topological polar surface area (TPSA) is 97.8 Å². The molecule has 3 unspecified atom stereocenters. The highest BCUT2D eigenvalue weighted by Gasteiger charge is 2.60. The number of ether oxygens (including phenoxy) is 1. The highest BCUT2D eigenvalue weighted by Crippen LogP contribution is 2.58. The molecule has 7 nitrogen and oxygen atoms in total. The number of anilines is 1. The van der Waals surface area contributed by atoms with Gasteiger partial charge in [0.25, 0.3) is 0 Å². The van der Waals surface area contributed by atoms with Crippen LogP contribution < -0.4 is 20.8 Å². The summed E-state index contributed by atoms with van der Waals surface area (Å²) in [5.74, 6) is -0.858. The first-order valence-corrected chi connectivity index (χ1v) is 9.86. The molecule has 3 N–H and O–H groups in total. The Labute approximate surface area is 166 Å². The number of rotatable bonds is 4. The maximum Gasteiger partial charge on any atom is 0.341 e. The summed E-state index contributed by atoms with van der Waals surface area (Å²) in [6.45, 7) is 3.52. The normalized spacial score (nSPS) is 29.4. The van der Waals surface area contributed by atoms with E-state index < -0.39 is 23.6 Å². The third-order valence-electron chi connectivity index (χ3n) is 7.02. The van der Waals surface area contributed by atoms with Crippen LogP contribution in [0.4, 0.5) is 10.1 Å². The molecule has 2 saturated carbocycles. The Balaban J connectivity index is 1.73. The quantitative estimate of drug-likeness (QED) is 0.816. The number of carbonyl (C=O) groups is 1. The minimum absolute atomic E-state index is 0.0975. The number of carboxylic acid groups (broad SMARTS) is 1. The van der Waals surface area contributed by atoms with Crippen molar-refractivity contribution in [1.29, 1.82) is 0 Å². The largest absolute Gasteiger partial charge is 0.492 e. The number of methoxy groups -OCH3 is 1. The van der Waals surface area contributed by atoms with Gasteiger partial charge in [0, 0.05) is 36.7 Å². The van der Waals surface area contributed by atoms with Crippen LogP contribution in [0.25, 0.3) is 10.9 Å². The number of alkyl halides is 1. The lowest BCUT2D eigenvalue weighted by Gasteiger charge is -2.26. The molecule has 0 amide bonds. The van der Waals surface area contributed by atoms with E-state index >= 15 is 0 Å². The van der Waals surface area contributed by atoms with Crippen LogP contribution in [-0.4, -0.2) is 47.6 Å². The molecule has 5 rings (SSSR count). The highest BCUT2D eigenvalue weighted by atomic mass is 19.1. The van der Waals surface area contributed by atoms with Gasteiger partial charge in [-0.3, -0.25) is 4.79 Å². The van der Waals surface area contributed by atoms with Crippen LogP contribution in [0.3, 0.4) is 0 Å². The minimum atomic E-state index is -1.32. The molecule has 2 aliphatic carbocycles. The summed E-state index contributed by atoms with van der Waals surface area (Å²) in [5.41, 5.74) is 6.65. The fraction of sp³-hybridized carbons (Fsp3) is 0.524. The lowest BCUT2D eigenvalue weighted by atomic mass is 9.87. The first kappa shape index (κ1) is 18.4. The van der Waals surface area contributed by atoms with Crippen LogP contribution in [0.5, 0.6) is 5.75 Å². The van der Waals surface area contributed by atoms with Gasteiger partial charge in [0.15, 0.2) is 5.75 Å². The van der Waals surface area contributed by atoms with E-state index in [1.807, 2.05) is 0 Å². The molecule has 1 saturated heterocycles. The molecule has 8 heteroatoms. The predicted octanol–water partition coefficient (Wildman–Crippen LogP) is 2.31. The molecule has 3 atom stereocenters. The number of aromatic carboxylic acids is 1. The van der Waals surface area contributed by atoms with Crippen LogP contribution in [0.1, 0.15) is 42.6 Å². The molecule has 1 spiro atoms. The Morgan fingerprint density at radius 3 is 2.55 bits per heavy atom. The summed E-state index contributed by atoms with van der Waals surface area (Å²) in [6.07, 6.45) is 2.65. The third-order valence-corrected chi connectivity index (χ3v) is 7.02. The molecule has 3 aliphatic rings. The van der Waals surface area contributed by atoms with Crippen molar-refractivity contribution >= 4 is 22.6 Å². The SMILES string of the molecule is COc1c(N2CC(C)(N)C3(CC3)C2)ccc2c(=O)c(C(=O)O)cn(C3CC3F)c12. The summed E-state index contributed by atoms with van der Waals surface area (Å²) >= 11 is 0. The fourth-order valence-electron chi connectivity index (χ4n) is 4.93. The molecular weight excluding hydrogens is 377 g/mol. The van der Waals surface area contributed by atoms with Gasteiger partial charge in [0.1, 0.15) is 11.7 Å². The Morgan fingerprint density at radius 1 is 1.34 bits per heavy atom. The molecule has 3 fully saturated rings. The number of benzene rings is 1. The lowest BCUT2D eigenvalue weighted by molar-refractivity contribution is 0.0694. The average Bonchev–Trinajstić information content (AvgIpc) is 3.56. The molecule has 1 aliphatic heterocycles. The maximum atomic E-state index is 14.0. The second-order valence-corrected chi connectivity index (χ2v) is 8.97. The van der Waals surface area contributed by atoms with Crippen molar-refractivity contribution in [2.24, 2.45) is 11.1 Å². The van der Waals surface area contributed by atoms with E-state index in [1.54, 1.807) is 16.7 Å². The van der Waals surface area contributed by atoms with Crippen molar-refractivity contribution in [2.75, 3.05) is 25.1 Å². The van der Waals surface area contributed by atoms with E-state index in [0.717, 1.165) is 25.1 Å². The van der Waals surface area contributed by atoms with Gasteiger partial charge >= 0.3 is 5.97 Å². The summed E-state index contributed by atoms with van der Waals surface area (Å²) in [5, 5.41) is 9.66. The number of hydrogen-bond donors (Lipinski definition) is 2. The van der Waals surface area contributed by atoms with E-state index in [-0.39, 0.29) is 28.3 Å². The summed E-state index contributed by atoms with van der Waals surface area (Å²) in [6, 6.07) is 2.92. The molecule has 0 radical (unpaired) electrons. The van der Waals surface area contributed by atoms with Gasteiger partial charge in [-0.25, -0.2) is 9.18 Å². The molecular formula is C21H24FN3O4. The number of pyridine rings is 1. The van der Waals surface area contributed by atoms with E-state index in [2.05, 4.69) is 11.8 Å². The molecule has 1 aromatic heterocycles. The van der Waals surface area contributed by atoms with Crippen molar-refractivity contribution in [3.05, 3.63) is 34.1 Å². The van der Waals surface area contributed by atoms with E-state index in [1.165, 1.54) is 13.3 Å². The number of carboxylic acids is 1. The van der Waals surface area contributed by atoms with Crippen LogP contribution >= 0.6 is 0 Å². The Morgan fingerprint density at radius 2 is 2.03 bits per heavy atom. The van der Waals surface area contributed by atoms with Gasteiger partial charge in [-0.2, -0.15) is 0 Å². The number of hydrogen-bond acceptors (Lipinski definition) is 5. The van der Waals surface area contributed by atoms with Crippen LogP contribution in [0.15, 0.2) is 23.1 Å². The van der Waals surface area contributed by atoms with Gasteiger partial charge in [-0.05, 0) is 31.9 Å². The van der Waals surface area contributed by atoms with E-state index in [9.17, 15) is 19.1 Å². The molecule has 29 heavy (non-hydrogen) atoms. The first-order valence-electron chi connectivity index (χ1n) is 9.86. The number of nitrogens with zero attached hydrogens (tertiary/aromatic N) is 2. The Hall–Kier alpha value is -2.61.